The fourth-order valence-corrected chi connectivity index (χ4v) is 1.63. The molecule has 3 nitrogen and oxygen atoms in total. The summed E-state index contributed by atoms with van der Waals surface area (Å²) in [4.78, 5) is 0. The summed E-state index contributed by atoms with van der Waals surface area (Å²) in [5.74, 6) is 1.29. The third-order valence-electron chi connectivity index (χ3n) is 2.31. The first-order chi connectivity index (χ1) is 7.33. The lowest BCUT2D eigenvalue weighted by Crippen LogP contribution is -2.10. The van der Waals surface area contributed by atoms with Crippen molar-refractivity contribution in [2.45, 2.75) is 12.4 Å². The maximum absolute atomic E-state index is 5.68. The topological polar surface area (TPSA) is 27.7 Å². The van der Waals surface area contributed by atoms with Crippen LogP contribution >= 0.6 is 11.6 Å². The number of halogens is 1. The van der Waals surface area contributed by atoms with E-state index in [1.54, 1.807) is 7.11 Å². The van der Waals surface area contributed by atoms with E-state index in [0.29, 0.717) is 12.5 Å². The summed E-state index contributed by atoms with van der Waals surface area (Å²) in [5.41, 5.74) is 0.989. The minimum atomic E-state index is -0.292. The van der Waals surface area contributed by atoms with Crippen molar-refractivity contribution in [3.63, 3.8) is 0 Å². The number of methoxy groups -OCH3 is 1. The number of alkyl halides is 1. The minimum absolute atomic E-state index is 0.00114. The standard InChI is InChI=1S/C11H13ClO3/c1-13-9-4-2-8(3-5-9)11-14-7-10(6-12)15-11/h2-5,10-11H,6-7H2,1H3/t10-,11+/m0/s1. The Hall–Kier alpha value is -0.770. The maximum Gasteiger partial charge on any atom is 0.184 e. The molecule has 0 N–H and O–H groups in total. The second kappa shape index (κ2) is 4.84. The van der Waals surface area contributed by atoms with Gasteiger partial charge in [-0.05, 0) is 12.1 Å². The van der Waals surface area contributed by atoms with Crippen LogP contribution in [-0.4, -0.2) is 25.7 Å². The van der Waals surface area contributed by atoms with E-state index < -0.39 is 0 Å². The minimum Gasteiger partial charge on any atom is -0.497 e. The monoisotopic (exact) mass is 228 g/mol. The van der Waals surface area contributed by atoms with Gasteiger partial charge in [0.05, 0.1) is 25.7 Å². The van der Waals surface area contributed by atoms with Gasteiger partial charge < -0.3 is 14.2 Å². The predicted octanol–water partition coefficient (Wildman–Crippen LogP) is 2.35. The zero-order valence-corrected chi connectivity index (χ0v) is 9.24. The summed E-state index contributed by atoms with van der Waals surface area (Å²) in [7, 11) is 1.64. The number of hydrogen-bond donors (Lipinski definition) is 0. The van der Waals surface area contributed by atoms with Crippen LogP contribution in [0.25, 0.3) is 0 Å². The van der Waals surface area contributed by atoms with E-state index in [9.17, 15) is 0 Å². The quantitative estimate of drug-likeness (QED) is 0.744. The van der Waals surface area contributed by atoms with Crippen LogP contribution < -0.4 is 4.74 Å². The van der Waals surface area contributed by atoms with Crippen molar-refractivity contribution in [1.82, 2.24) is 0 Å². The molecule has 1 fully saturated rings. The van der Waals surface area contributed by atoms with Crippen molar-refractivity contribution in [1.29, 1.82) is 0 Å². The normalized spacial score (nSPS) is 25.5. The Bertz CT molecular complexity index is 312. The molecule has 0 unspecified atom stereocenters. The summed E-state index contributed by atoms with van der Waals surface area (Å²) in [6, 6.07) is 7.63. The predicted molar refractivity (Wildman–Crippen MR) is 57.3 cm³/mol. The van der Waals surface area contributed by atoms with Crippen molar-refractivity contribution in [3.05, 3.63) is 29.8 Å². The highest BCUT2D eigenvalue weighted by Gasteiger charge is 2.26. The van der Waals surface area contributed by atoms with Crippen LogP contribution in [0.5, 0.6) is 5.75 Å². The molecule has 1 aliphatic heterocycles. The SMILES string of the molecule is COc1ccc([C@@H]2OC[C@H](CCl)O2)cc1. The van der Waals surface area contributed by atoms with Crippen LogP contribution in [0.3, 0.4) is 0 Å². The molecule has 15 heavy (non-hydrogen) atoms. The highest BCUT2D eigenvalue weighted by Crippen LogP contribution is 2.28. The van der Waals surface area contributed by atoms with E-state index in [1.165, 1.54) is 0 Å². The van der Waals surface area contributed by atoms with Crippen LogP contribution in [0.15, 0.2) is 24.3 Å². The van der Waals surface area contributed by atoms with E-state index in [1.807, 2.05) is 24.3 Å². The molecule has 1 saturated heterocycles. The smallest absolute Gasteiger partial charge is 0.184 e. The number of rotatable bonds is 3. The molecule has 0 saturated carbocycles. The first kappa shape index (κ1) is 10.7. The van der Waals surface area contributed by atoms with Gasteiger partial charge in [-0.1, -0.05) is 12.1 Å². The van der Waals surface area contributed by atoms with Gasteiger partial charge in [0.2, 0.25) is 0 Å². The largest absolute Gasteiger partial charge is 0.497 e. The van der Waals surface area contributed by atoms with E-state index in [2.05, 4.69) is 0 Å². The highest BCUT2D eigenvalue weighted by atomic mass is 35.5. The summed E-state index contributed by atoms with van der Waals surface area (Å²) in [6.45, 7) is 0.556. The van der Waals surface area contributed by atoms with Gasteiger partial charge in [0.15, 0.2) is 6.29 Å². The molecule has 1 aromatic carbocycles. The fourth-order valence-electron chi connectivity index (χ4n) is 1.46. The van der Waals surface area contributed by atoms with Crippen molar-refractivity contribution in [3.8, 4) is 5.75 Å². The Morgan fingerprint density at radius 2 is 2.13 bits per heavy atom. The maximum atomic E-state index is 5.68. The number of ether oxygens (including phenoxy) is 3. The van der Waals surface area contributed by atoms with Gasteiger partial charge in [-0.2, -0.15) is 0 Å². The Morgan fingerprint density at radius 3 is 2.67 bits per heavy atom. The summed E-state index contributed by atoms with van der Waals surface area (Å²) in [6.07, 6.45) is -0.293. The molecule has 1 aliphatic rings. The molecule has 0 radical (unpaired) electrons. The fraction of sp³-hybridized carbons (Fsp3) is 0.455. The lowest BCUT2D eigenvalue weighted by molar-refractivity contribution is -0.0567. The van der Waals surface area contributed by atoms with Crippen molar-refractivity contribution >= 4 is 11.6 Å². The molecule has 0 aromatic heterocycles. The van der Waals surface area contributed by atoms with Gasteiger partial charge >= 0.3 is 0 Å². The third-order valence-corrected chi connectivity index (χ3v) is 2.65. The number of benzene rings is 1. The van der Waals surface area contributed by atoms with E-state index in [0.717, 1.165) is 11.3 Å². The first-order valence-corrected chi connectivity index (χ1v) is 5.34. The average molecular weight is 229 g/mol. The molecular formula is C11H13ClO3. The van der Waals surface area contributed by atoms with Gasteiger partial charge in [0, 0.05) is 5.56 Å². The van der Waals surface area contributed by atoms with Crippen LogP contribution in [0.4, 0.5) is 0 Å². The molecular weight excluding hydrogens is 216 g/mol. The molecule has 2 rings (SSSR count). The highest BCUT2D eigenvalue weighted by molar-refractivity contribution is 6.18. The van der Waals surface area contributed by atoms with Gasteiger partial charge in [-0.3, -0.25) is 0 Å². The second-order valence-electron chi connectivity index (χ2n) is 3.35. The van der Waals surface area contributed by atoms with Crippen LogP contribution in [0.1, 0.15) is 11.9 Å². The Kier molecular flexibility index (Phi) is 3.46. The summed E-state index contributed by atoms with van der Waals surface area (Å²) in [5, 5.41) is 0. The third kappa shape index (κ3) is 2.43. The molecule has 0 aliphatic carbocycles. The Balaban J connectivity index is 2.04. The molecule has 82 valence electrons. The number of hydrogen-bond acceptors (Lipinski definition) is 3. The molecule has 0 amide bonds. The summed E-state index contributed by atoms with van der Waals surface area (Å²) < 4.78 is 16.1. The molecule has 0 bridgehead atoms. The zero-order valence-electron chi connectivity index (χ0n) is 8.48. The lowest BCUT2D eigenvalue weighted by Gasteiger charge is -2.10. The first-order valence-electron chi connectivity index (χ1n) is 4.80. The molecule has 1 heterocycles. The van der Waals surface area contributed by atoms with Crippen LogP contribution in [0.2, 0.25) is 0 Å². The average Bonchev–Trinajstić information content (AvgIpc) is 2.78. The molecule has 0 spiro atoms. The van der Waals surface area contributed by atoms with Crippen LogP contribution in [-0.2, 0) is 9.47 Å². The van der Waals surface area contributed by atoms with E-state index >= 15 is 0 Å². The molecule has 1 aromatic rings. The van der Waals surface area contributed by atoms with Gasteiger partial charge in [0.1, 0.15) is 5.75 Å². The van der Waals surface area contributed by atoms with E-state index in [-0.39, 0.29) is 12.4 Å². The van der Waals surface area contributed by atoms with Crippen LogP contribution in [0, 0.1) is 0 Å². The van der Waals surface area contributed by atoms with Gasteiger partial charge in [-0.15, -0.1) is 11.6 Å². The van der Waals surface area contributed by atoms with Crippen molar-refractivity contribution in [2.75, 3.05) is 19.6 Å². The van der Waals surface area contributed by atoms with E-state index in [4.69, 9.17) is 25.8 Å². The molecule has 4 heteroatoms. The van der Waals surface area contributed by atoms with Gasteiger partial charge in [-0.25, -0.2) is 0 Å². The zero-order chi connectivity index (χ0) is 10.7. The van der Waals surface area contributed by atoms with Crippen molar-refractivity contribution < 1.29 is 14.2 Å². The second-order valence-corrected chi connectivity index (χ2v) is 3.66. The Labute approximate surface area is 93.9 Å². The van der Waals surface area contributed by atoms with Gasteiger partial charge in [0.25, 0.3) is 0 Å². The van der Waals surface area contributed by atoms with Crippen molar-refractivity contribution in [2.24, 2.45) is 0 Å². The Morgan fingerprint density at radius 1 is 1.40 bits per heavy atom. The molecule has 2 atom stereocenters. The lowest BCUT2D eigenvalue weighted by atomic mass is 10.2. The summed E-state index contributed by atoms with van der Waals surface area (Å²) >= 11 is 5.68.